The molecule has 0 aliphatic carbocycles. The van der Waals surface area contributed by atoms with Crippen molar-refractivity contribution in [2.24, 2.45) is 0 Å². The number of methoxy groups -OCH3 is 1. The number of benzene rings is 1. The Morgan fingerprint density at radius 1 is 1.05 bits per heavy atom. The van der Waals surface area contributed by atoms with Crippen molar-refractivity contribution in [3.63, 3.8) is 0 Å². The van der Waals surface area contributed by atoms with Gasteiger partial charge in [-0.05, 0) is 30.3 Å². The Labute approximate surface area is 127 Å². The van der Waals surface area contributed by atoms with E-state index in [-0.39, 0.29) is 5.91 Å². The van der Waals surface area contributed by atoms with Gasteiger partial charge in [0.1, 0.15) is 5.82 Å². The molecule has 0 aliphatic rings. The lowest BCUT2D eigenvalue weighted by molar-refractivity contribution is -0.114. The van der Waals surface area contributed by atoms with E-state index in [0.717, 1.165) is 11.4 Å². The first-order valence-corrected chi connectivity index (χ1v) is 6.52. The summed E-state index contributed by atoms with van der Waals surface area (Å²) in [6.45, 7) is 1.46. The molecule has 7 nitrogen and oxygen atoms in total. The third-order valence-electron chi connectivity index (χ3n) is 2.65. The fourth-order valence-electron chi connectivity index (χ4n) is 1.74. The molecule has 2 aromatic rings. The lowest BCUT2D eigenvalue weighted by atomic mass is 10.2. The Bertz CT molecular complexity index is 671. The highest BCUT2D eigenvalue weighted by molar-refractivity contribution is 5.89. The van der Waals surface area contributed by atoms with Crippen LogP contribution in [0.1, 0.15) is 6.92 Å². The third-order valence-corrected chi connectivity index (χ3v) is 2.65. The maximum Gasteiger partial charge on any atom is 0.412 e. The first kappa shape index (κ1) is 15.3. The van der Waals surface area contributed by atoms with Gasteiger partial charge in [-0.15, -0.1) is 0 Å². The van der Waals surface area contributed by atoms with Crippen LogP contribution in [0.2, 0.25) is 0 Å². The van der Waals surface area contributed by atoms with Crippen LogP contribution in [0.3, 0.4) is 0 Å². The quantitative estimate of drug-likeness (QED) is 0.807. The van der Waals surface area contributed by atoms with Gasteiger partial charge in [0, 0.05) is 18.3 Å². The zero-order chi connectivity index (χ0) is 15.9. The van der Waals surface area contributed by atoms with E-state index >= 15 is 0 Å². The van der Waals surface area contributed by atoms with Crippen molar-refractivity contribution >= 4 is 34.9 Å². The first-order valence-electron chi connectivity index (χ1n) is 6.52. The van der Waals surface area contributed by atoms with E-state index in [1.807, 2.05) is 18.2 Å². The molecule has 0 atom stereocenters. The molecule has 0 fully saturated rings. The minimum atomic E-state index is -0.573. The number of hydrogen-bond donors (Lipinski definition) is 3. The Kier molecular flexibility index (Phi) is 4.92. The molecule has 0 saturated carbocycles. The van der Waals surface area contributed by atoms with Crippen molar-refractivity contribution in [2.45, 2.75) is 6.92 Å². The van der Waals surface area contributed by atoms with Crippen molar-refractivity contribution in [1.82, 2.24) is 4.98 Å². The molecule has 1 heterocycles. The summed E-state index contributed by atoms with van der Waals surface area (Å²) in [7, 11) is 1.29. The van der Waals surface area contributed by atoms with Crippen molar-refractivity contribution in [1.29, 1.82) is 0 Å². The molecule has 1 aromatic heterocycles. The van der Waals surface area contributed by atoms with Gasteiger partial charge in [-0.2, -0.15) is 0 Å². The van der Waals surface area contributed by atoms with Crippen LogP contribution in [0.25, 0.3) is 0 Å². The molecule has 114 valence electrons. The minimum Gasteiger partial charge on any atom is -0.453 e. The van der Waals surface area contributed by atoms with E-state index < -0.39 is 6.09 Å². The smallest absolute Gasteiger partial charge is 0.412 e. The number of aromatic nitrogens is 1. The third kappa shape index (κ3) is 4.48. The highest BCUT2D eigenvalue weighted by Crippen LogP contribution is 2.20. The molecule has 0 spiro atoms. The fourth-order valence-corrected chi connectivity index (χ4v) is 1.74. The predicted molar refractivity (Wildman–Crippen MR) is 84.3 cm³/mol. The van der Waals surface area contributed by atoms with E-state index in [2.05, 4.69) is 25.7 Å². The molecule has 7 heteroatoms. The highest BCUT2D eigenvalue weighted by atomic mass is 16.5. The maximum absolute atomic E-state index is 11.1. The normalized spacial score (nSPS) is 9.73. The summed E-state index contributed by atoms with van der Waals surface area (Å²) in [5.74, 6) is 0.265. The molecule has 22 heavy (non-hydrogen) atoms. The molecule has 2 rings (SSSR count). The van der Waals surface area contributed by atoms with Crippen LogP contribution in [0.15, 0.2) is 42.6 Å². The molecular weight excluding hydrogens is 284 g/mol. The molecule has 2 amide bonds. The zero-order valence-corrected chi connectivity index (χ0v) is 12.2. The molecular formula is C15H16N4O3. The maximum atomic E-state index is 11.1. The monoisotopic (exact) mass is 300 g/mol. The number of anilines is 4. The molecule has 0 unspecified atom stereocenters. The zero-order valence-electron chi connectivity index (χ0n) is 12.2. The molecule has 0 bridgehead atoms. The second kappa shape index (κ2) is 7.07. The fraction of sp³-hybridized carbons (Fsp3) is 0.133. The van der Waals surface area contributed by atoms with Crippen LogP contribution in [-0.4, -0.2) is 24.1 Å². The van der Waals surface area contributed by atoms with Crippen molar-refractivity contribution in [3.8, 4) is 0 Å². The summed E-state index contributed by atoms with van der Waals surface area (Å²) in [6, 6.07) is 10.7. The Morgan fingerprint density at radius 2 is 1.82 bits per heavy atom. The average molecular weight is 300 g/mol. The van der Waals surface area contributed by atoms with Crippen LogP contribution < -0.4 is 16.0 Å². The lowest BCUT2D eigenvalue weighted by Gasteiger charge is -2.09. The van der Waals surface area contributed by atoms with Crippen LogP contribution >= 0.6 is 0 Å². The molecule has 0 saturated heterocycles. The summed E-state index contributed by atoms with van der Waals surface area (Å²) >= 11 is 0. The number of nitrogens with one attached hydrogen (secondary N) is 3. The first-order chi connectivity index (χ1) is 10.6. The van der Waals surface area contributed by atoms with Crippen LogP contribution in [0.5, 0.6) is 0 Å². The molecule has 0 aliphatic heterocycles. The van der Waals surface area contributed by atoms with E-state index in [1.165, 1.54) is 14.0 Å². The van der Waals surface area contributed by atoms with Crippen LogP contribution in [-0.2, 0) is 9.53 Å². The summed E-state index contributed by atoms with van der Waals surface area (Å²) < 4.78 is 4.48. The van der Waals surface area contributed by atoms with Gasteiger partial charge in [0.15, 0.2) is 0 Å². The number of nitrogens with zero attached hydrogens (tertiary/aromatic N) is 1. The van der Waals surface area contributed by atoms with Crippen molar-refractivity contribution < 1.29 is 14.3 Å². The summed E-state index contributed by atoms with van der Waals surface area (Å²) in [5, 5.41) is 8.33. The SMILES string of the molecule is COC(=O)Nc1ccc(Nc2cccc(NC(C)=O)c2)cn1. The van der Waals surface area contributed by atoms with Gasteiger partial charge < -0.3 is 15.4 Å². The van der Waals surface area contributed by atoms with Crippen molar-refractivity contribution in [2.75, 3.05) is 23.1 Å². The second-order valence-corrected chi connectivity index (χ2v) is 4.44. The largest absolute Gasteiger partial charge is 0.453 e. The van der Waals surface area contributed by atoms with E-state index in [4.69, 9.17) is 0 Å². The molecule has 3 N–H and O–H groups in total. The number of ether oxygens (including phenoxy) is 1. The number of hydrogen-bond acceptors (Lipinski definition) is 5. The van der Waals surface area contributed by atoms with E-state index in [0.29, 0.717) is 11.5 Å². The van der Waals surface area contributed by atoms with Crippen LogP contribution in [0.4, 0.5) is 27.7 Å². The summed E-state index contributed by atoms with van der Waals surface area (Å²) in [4.78, 5) is 26.2. The van der Waals surface area contributed by atoms with Gasteiger partial charge in [-0.3, -0.25) is 10.1 Å². The topological polar surface area (TPSA) is 92.4 Å². The predicted octanol–water partition coefficient (Wildman–Crippen LogP) is 2.96. The van der Waals surface area contributed by atoms with Gasteiger partial charge >= 0.3 is 6.09 Å². The Balaban J connectivity index is 2.04. The lowest BCUT2D eigenvalue weighted by Crippen LogP contribution is -2.11. The Hall–Kier alpha value is -3.09. The number of carbonyl (C=O) groups excluding carboxylic acids is 2. The van der Waals surface area contributed by atoms with Gasteiger partial charge in [-0.25, -0.2) is 9.78 Å². The summed E-state index contributed by atoms with van der Waals surface area (Å²) in [5.41, 5.74) is 2.26. The van der Waals surface area contributed by atoms with Gasteiger partial charge in [-0.1, -0.05) is 6.07 Å². The van der Waals surface area contributed by atoms with E-state index in [9.17, 15) is 9.59 Å². The second-order valence-electron chi connectivity index (χ2n) is 4.44. The van der Waals surface area contributed by atoms with Gasteiger partial charge in [0.25, 0.3) is 0 Å². The Morgan fingerprint density at radius 3 is 2.45 bits per heavy atom. The summed E-state index contributed by atoms with van der Waals surface area (Å²) in [6.07, 6.45) is 1.01. The standard InChI is InChI=1S/C15H16N4O3/c1-10(20)17-11-4-3-5-12(8-11)18-13-6-7-14(16-9-13)19-15(21)22-2/h3-9,18H,1-2H3,(H,17,20)(H,16,19,21). The van der Waals surface area contributed by atoms with Gasteiger partial charge in [0.05, 0.1) is 19.0 Å². The number of rotatable bonds is 4. The molecule has 0 radical (unpaired) electrons. The average Bonchev–Trinajstić information content (AvgIpc) is 2.49. The minimum absolute atomic E-state index is 0.128. The number of carbonyl (C=O) groups is 2. The number of amides is 2. The number of pyridine rings is 1. The van der Waals surface area contributed by atoms with Crippen LogP contribution in [0, 0.1) is 0 Å². The molecule has 1 aromatic carbocycles. The highest BCUT2D eigenvalue weighted by Gasteiger charge is 2.02. The van der Waals surface area contributed by atoms with E-state index in [1.54, 1.807) is 24.4 Å². The van der Waals surface area contributed by atoms with Gasteiger partial charge in [0.2, 0.25) is 5.91 Å². The van der Waals surface area contributed by atoms with Crippen molar-refractivity contribution in [3.05, 3.63) is 42.6 Å².